The summed E-state index contributed by atoms with van der Waals surface area (Å²) in [7, 11) is 0. The van der Waals surface area contributed by atoms with E-state index < -0.39 is 0 Å². The lowest BCUT2D eigenvalue weighted by Crippen LogP contribution is -2.03. The molecule has 0 spiro atoms. The number of aromatic amines is 1. The van der Waals surface area contributed by atoms with Gasteiger partial charge in [-0.15, -0.1) is 11.8 Å². The van der Waals surface area contributed by atoms with E-state index in [9.17, 15) is 4.79 Å². The quantitative estimate of drug-likeness (QED) is 0.517. The highest BCUT2D eigenvalue weighted by atomic mass is 32.2. The Hall–Kier alpha value is -2.00. The molecule has 0 aliphatic carbocycles. The third kappa shape index (κ3) is 2.93. The zero-order valence-electron chi connectivity index (χ0n) is 14.0. The molecule has 0 aliphatic heterocycles. The van der Waals surface area contributed by atoms with Crippen LogP contribution in [0.2, 0.25) is 0 Å². The fourth-order valence-electron chi connectivity index (χ4n) is 2.91. The maximum Gasteiger partial charge on any atom is 0.175 e. The van der Waals surface area contributed by atoms with Gasteiger partial charge in [-0.3, -0.25) is 4.79 Å². The van der Waals surface area contributed by atoms with Crippen molar-refractivity contribution in [2.45, 2.75) is 32.6 Å². The molecule has 0 bridgehead atoms. The van der Waals surface area contributed by atoms with Crippen LogP contribution in [0.25, 0.3) is 10.9 Å². The first-order valence-electron chi connectivity index (χ1n) is 7.78. The van der Waals surface area contributed by atoms with Crippen LogP contribution in [0.3, 0.4) is 0 Å². The molecular weight excluding hydrogens is 302 g/mol. The molecule has 3 rings (SSSR count). The number of hydrogen-bond donors (Lipinski definition) is 1. The predicted octanol–water partition coefficient (Wildman–Crippen LogP) is 5.38. The van der Waals surface area contributed by atoms with Gasteiger partial charge in [0.1, 0.15) is 0 Å². The average molecular weight is 323 g/mol. The van der Waals surface area contributed by atoms with Crippen LogP contribution in [0.5, 0.6) is 0 Å². The van der Waals surface area contributed by atoms with Crippen molar-refractivity contribution < 1.29 is 4.79 Å². The van der Waals surface area contributed by atoms with Gasteiger partial charge in [-0.05, 0) is 56.0 Å². The number of nitrogens with one attached hydrogen (secondary N) is 1. The Morgan fingerprint density at radius 1 is 1.04 bits per heavy atom. The van der Waals surface area contributed by atoms with Gasteiger partial charge in [-0.25, -0.2) is 0 Å². The van der Waals surface area contributed by atoms with Gasteiger partial charge in [-0.2, -0.15) is 0 Å². The highest BCUT2D eigenvalue weighted by molar-refractivity contribution is 8.00. The van der Waals surface area contributed by atoms with Crippen molar-refractivity contribution in [2.75, 3.05) is 5.75 Å². The molecule has 0 saturated carbocycles. The van der Waals surface area contributed by atoms with E-state index in [0.717, 1.165) is 16.5 Å². The number of rotatable bonds is 4. The predicted molar refractivity (Wildman–Crippen MR) is 98.7 cm³/mol. The molecule has 1 N–H and O–H groups in total. The number of benzene rings is 2. The highest BCUT2D eigenvalue weighted by Crippen LogP contribution is 2.31. The topological polar surface area (TPSA) is 32.9 Å². The van der Waals surface area contributed by atoms with E-state index in [2.05, 4.69) is 38.7 Å². The SMILES string of the molecule is Cc1cc(C)c(C)c(SCC(=O)c2c[nH]c3ccccc23)c1C. The average Bonchev–Trinajstić information content (AvgIpc) is 2.97. The fourth-order valence-corrected chi connectivity index (χ4v) is 4.10. The summed E-state index contributed by atoms with van der Waals surface area (Å²) < 4.78 is 0. The first-order valence-corrected chi connectivity index (χ1v) is 8.77. The molecule has 2 aromatic carbocycles. The number of hydrogen-bond acceptors (Lipinski definition) is 2. The summed E-state index contributed by atoms with van der Waals surface area (Å²) in [6.07, 6.45) is 1.83. The van der Waals surface area contributed by atoms with Gasteiger partial charge in [0.05, 0.1) is 5.75 Å². The van der Waals surface area contributed by atoms with E-state index in [0.29, 0.717) is 5.75 Å². The summed E-state index contributed by atoms with van der Waals surface area (Å²) in [5.41, 5.74) is 6.94. The number of carbonyl (C=O) groups excluding carboxylic acids is 1. The van der Waals surface area contributed by atoms with Crippen LogP contribution in [0.4, 0.5) is 0 Å². The molecule has 3 aromatic rings. The zero-order chi connectivity index (χ0) is 16.6. The number of carbonyl (C=O) groups is 1. The zero-order valence-corrected chi connectivity index (χ0v) is 14.8. The van der Waals surface area contributed by atoms with Crippen molar-refractivity contribution in [1.82, 2.24) is 4.98 Å². The number of Topliss-reactive ketones (excluding diaryl/α,β-unsaturated/α-hetero) is 1. The minimum absolute atomic E-state index is 0.172. The summed E-state index contributed by atoms with van der Waals surface area (Å²) in [5, 5.41) is 1.01. The van der Waals surface area contributed by atoms with Crippen molar-refractivity contribution in [2.24, 2.45) is 0 Å². The molecule has 0 unspecified atom stereocenters. The molecule has 0 aliphatic rings. The Morgan fingerprint density at radius 3 is 2.39 bits per heavy atom. The Bertz CT molecular complexity index is 866. The van der Waals surface area contributed by atoms with Crippen LogP contribution < -0.4 is 0 Å². The van der Waals surface area contributed by atoms with Crippen LogP contribution in [0, 0.1) is 27.7 Å². The number of aromatic nitrogens is 1. The van der Waals surface area contributed by atoms with Crippen LogP contribution in [-0.2, 0) is 0 Å². The Morgan fingerprint density at radius 2 is 1.70 bits per heavy atom. The summed E-state index contributed by atoms with van der Waals surface area (Å²) in [6, 6.07) is 10.2. The van der Waals surface area contributed by atoms with E-state index in [1.807, 2.05) is 30.5 Å². The van der Waals surface area contributed by atoms with Crippen molar-refractivity contribution in [3.05, 3.63) is 64.3 Å². The van der Waals surface area contributed by atoms with Crippen molar-refractivity contribution in [3.63, 3.8) is 0 Å². The molecule has 23 heavy (non-hydrogen) atoms. The van der Waals surface area contributed by atoms with Gasteiger partial charge in [0.2, 0.25) is 0 Å². The van der Waals surface area contributed by atoms with Crippen LogP contribution in [0.15, 0.2) is 41.4 Å². The van der Waals surface area contributed by atoms with Gasteiger partial charge in [0.25, 0.3) is 0 Å². The van der Waals surface area contributed by atoms with Gasteiger partial charge in [0, 0.05) is 27.6 Å². The third-order valence-corrected chi connectivity index (χ3v) is 5.84. The Balaban J connectivity index is 1.85. The van der Waals surface area contributed by atoms with E-state index in [1.165, 1.54) is 27.1 Å². The number of para-hydroxylation sites is 1. The minimum Gasteiger partial charge on any atom is -0.360 e. The number of aryl methyl sites for hydroxylation is 2. The second-order valence-corrected chi connectivity index (χ2v) is 7.03. The third-order valence-electron chi connectivity index (χ3n) is 4.53. The maximum absolute atomic E-state index is 12.6. The molecule has 2 nitrogen and oxygen atoms in total. The van der Waals surface area contributed by atoms with Gasteiger partial charge in [0.15, 0.2) is 5.78 Å². The second kappa shape index (κ2) is 6.25. The van der Waals surface area contributed by atoms with Crippen LogP contribution in [0.1, 0.15) is 32.6 Å². The molecule has 0 amide bonds. The lowest BCUT2D eigenvalue weighted by molar-refractivity contribution is 0.102. The van der Waals surface area contributed by atoms with E-state index in [4.69, 9.17) is 0 Å². The smallest absolute Gasteiger partial charge is 0.175 e. The molecule has 118 valence electrons. The first-order chi connectivity index (χ1) is 11.0. The molecule has 1 aromatic heterocycles. The highest BCUT2D eigenvalue weighted by Gasteiger charge is 2.15. The largest absolute Gasteiger partial charge is 0.360 e. The summed E-state index contributed by atoms with van der Waals surface area (Å²) in [5.74, 6) is 0.636. The Kier molecular flexibility index (Phi) is 4.31. The van der Waals surface area contributed by atoms with Gasteiger partial charge in [-0.1, -0.05) is 24.3 Å². The molecule has 1 heterocycles. The first kappa shape index (κ1) is 15.9. The summed E-state index contributed by atoms with van der Waals surface area (Å²) >= 11 is 1.65. The molecule has 0 saturated heterocycles. The second-order valence-electron chi connectivity index (χ2n) is 6.05. The van der Waals surface area contributed by atoms with E-state index in [-0.39, 0.29) is 5.78 Å². The number of H-pyrrole nitrogens is 1. The van der Waals surface area contributed by atoms with E-state index in [1.54, 1.807) is 11.8 Å². The molecular formula is C20H21NOS. The van der Waals surface area contributed by atoms with Crippen molar-refractivity contribution >= 4 is 28.4 Å². The summed E-state index contributed by atoms with van der Waals surface area (Å²) in [4.78, 5) is 17.1. The summed E-state index contributed by atoms with van der Waals surface area (Å²) in [6.45, 7) is 8.54. The maximum atomic E-state index is 12.6. The lowest BCUT2D eigenvalue weighted by Gasteiger charge is -2.14. The van der Waals surface area contributed by atoms with Gasteiger partial charge < -0.3 is 4.98 Å². The molecule has 0 radical (unpaired) electrons. The normalized spacial score (nSPS) is 11.1. The van der Waals surface area contributed by atoms with E-state index >= 15 is 0 Å². The van der Waals surface area contributed by atoms with Crippen molar-refractivity contribution in [3.8, 4) is 0 Å². The number of ketones is 1. The standard InChI is InChI=1S/C20H21NOS/c1-12-9-13(2)15(4)20(14(12)3)23-11-19(22)17-10-21-18-8-6-5-7-16(17)18/h5-10,21H,11H2,1-4H3. The van der Waals surface area contributed by atoms with Crippen molar-refractivity contribution in [1.29, 1.82) is 0 Å². The van der Waals surface area contributed by atoms with Crippen LogP contribution >= 0.6 is 11.8 Å². The van der Waals surface area contributed by atoms with Gasteiger partial charge >= 0.3 is 0 Å². The number of thioether (sulfide) groups is 1. The number of fused-ring (bicyclic) bond motifs is 1. The molecule has 0 atom stereocenters. The Labute approximate surface area is 141 Å². The van der Waals surface area contributed by atoms with Crippen LogP contribution in [-0.4, -0.2) is 16.5 Å². The monoisotopic (exact) mass is 323 g/mol. The molecule has 3 heteroatoms. The fraction of sp³-hybridized carbons (Fsp3) is 0.250. The lowest BCUT2D eigenvalue weighted by atomic mass is 10.0. The molecule has 0 fully saturated rings. The minimum atomic E-state index is 0.172.